The normalized spacial score (nSPS) is 16.9. The molecule has 0 radical (unpaired) electrons. The number of benzene rings is 4. The van der Waals surface area contributed by atoms with Gasteiger partial charge in [0, 0.05) is 122 Å². The summed E-state index contributed by atoms with van der Waals surface area (Å²) in [5.74, 6) is -0.315. The summed E-state index contributed by atoms with van der Waals surface area (Å²) in [5.41, 5.74) is 4.59. The van der Waals surface area contributed by atoms with Gasteiger partial charge in [-0.3, -0.25) is 28.8 Å². The number of carbonyl (C=O) groups is 3. The third-order valence-electron chi connectivity index (χ3n) is 15.7. The minimum atomic E-state index is -3.95. The van der Waals surface area contributed by atoms with Crippen LogP contribution < -0.4 is 29.5 Å². The molecule has 3 fully saturated rings. The molecule has 0 spiro atoms. The smallest absolute Gasteiger partial charge is 0.289 e. The number of aromatic nitrogens is 5. The quantitative estimate of drug-likeness (QED) is 0.0940. The van der Waals surface area contributed by atoms with Crippen LogP contribution in [-0.2, 0) is 31.4 Å². The van der Waals surface area contributed by atoms with E-state index in [1.807, 2.05) is 68.1 Å². The molecular weight excluding hydrogens is 1100 g/mol. The molecule has 6 heterocycles. The summed E-state index contributed by atoms with van der Waals surface area (Å²) in [6.07, 6.45) is 5.06. The maximum Gasteiger partial charge on any atom is 0.289 e. The van der Waals surface area contributed by atoms with Crippen LogP contribution in [0.2, 0.25) is 0 Å². The van der Waals surface area contributed by atoms with E-state index in [9.17, 15) is 41.4 Å². The predicted molar refractivity (Wildman–Crippen MR) is 315 cm³/mol. The first kappa shape index (κ1) is 58.3. The molecule has 4 aromatic carbocycles. The fourth-order valence-electron chi connectivity index (χ4n) is 11.1. The fraction of sp³-hybridized carbons (Fsp3) is 0.421. The van der Waals surface area contributed by atoms with E-state index < -0.39 is 31.9 Å². The Morgan fingerprint density at radius 2 is 1.46 bits per heavy atom. The van der Waals surface area contributed by atoms with E-state index >= 15 is 0 Å². The van der Waals surface area contributed by atoms with E-state index in [0.717, 1.165) is 21.8 Å². The molecule has 2 aromatic heterocycles. The number of ether oxygens (including phenoxy) is 1. The number of carbonyl (C=O) groups excluding carboxylic acids is 3. The molecule has 0 unspecified atom stereocenters. The molecular formula is C57H70N14O10S2. The molecule has 83 heavy (non-hydrogen) atoms. The van der Waals surface area contributed by atoms with Crippen molar-refractivity contribution in [3.63, 3.8) is 0 Å². The molecule has 0 saturated carbocycles. The number of para-hydroxylation sites is 1. The Bertz CT molecular complexity index is 3630. The van der Waals surface area contributed by atoms with Gasteiger partial charge in [0.05, 0.1) is 47.8 Å². The first-order valence-corrected chi connectivity index (χ1v) is 31.5. The lowest BCUT2D eigenvalue weighted by Crippen LogP contribution is -2.51. The number of piperidine rings is 1. The van der Waals surface area contributed by atoms with Crippen molar-refractivity contribution in [3.8, 4) is 34.3 Å². The van der Waals surface area contributed by atoms with E-state index in [-0.39, 0.29) is 76.1 Å². The number of nitrogens with one attached hydrogen (secondary N) is 2. The highest BCUT2D eigenvalue weighted by atomic mass is 32.2. The van der Waals surface area contributed by atoms with Gasteiger partial charge in [-0.15, -0.1) is 10.2 Å². The highest BCUT2D eigenvalue weighted by Crippen LogP contribution is 2.42. The van der Waals surface area contributed by atoms with Crippen LogP contribution in [-0.4, -0.2) is 193 Å². The molecule has 4 N–H and O–H groups in total. The van der Waals surface area contributed by atoms with E-state index in [1.54, 1.807) is 41.9 Å². The second-order valence-electron chi connectivity index (χ2n) is 21.6. The first-order valence-electron chi connectivity index (χ1n) is 27.8. The Hall–Kier alpha value is -7.91. The van der Waals surface area contributed by atoms with Gasteiger partial charge in [0.15, 0.2) is 11.6 Å². The summed E-state index contributed by atoms with van der Waals surface area (Å²) in [5, 5.41) is 36.7. The number of sulfonamides is 2. The van der Waals surface area contributed by atoms with Gasteiger partial charge in [-0.2, -0.15) is 9.29 Å². The lowest BCUT2D eigenvalue weighted by molar-refractivity contribution is -0.138. The van der Waals surface area contributed by atoms with Gasteiger partial charge in [0.1, 0.15) is 22.9 Å². The highest BCUT2D eigenvalue weighted by Gasteiger charge is 2.36. The van der Waals surface area contributed by atoms with Gasteiger partial charge in [-0.05, 0) is 79.3 Å². The molecule has 4 aliphatic rings. The third-order valence-corrected chi connectivity index (χ3v) is 18.0. The summed E-state index contributed by atoms with van der Waals surface area (Å²) in [4.78, 5) is 60.4. The number of piperazine rings is 2. The first-order chi connectivity index (χ1) is 39.7. The summed E-state index contributed by atoms with van der Waals surface area (Å²) in [6.45, 7) is 13.3. The zero-order valence-electron chi connectivity index (χ0n) is 47.4. The summed E-state index contributed by atoms with van der Waals surface area (Å²) >= 11 is 0. The van der Waals surface area contributed by atoms with Crippen molar-refractivity contribution in [2.45, 2.75) is 46.1 Å². The Labute approximate surface area is 483 Å². The number of amides is 3. The van der Waals surface area contributed by atoms with Crippen LogP contribution in [0, 0.1) is 5.92 Å². The van der Waals surface area contributed by atoms with Crippen LogP contribution in [0.5, 0.6) is 17.2 Å². The number of fused-ring (bicyclic) bond motifs is 2. The predicted octanol–water partition coefficient (Wildman–Crippen LogP) is 4.96. The third kappa shape index (κ3) is 12.6. The SMILES string of the molecule is CCOc1cc(N2CCC(C(=O)N3CCN(Cc4ccc(-n5c(C(=O)NCCN6CCN(S(C)(=O)=O)CC6)nnc5-c5cc(C(C)C)c(O)cc5O)cc4)CC3)CC2)ccc1Nc1ncc2c(n1)N(S(C)(=O)=O)c1ccccc1C(=O)N2C. The van der Waals surface area contributed by atoms with Crippen molar-refractivity contribution < 1.29 is 46.2 Å². The van der Waals surface area contributed by atoms with Gasteiger partial charge in [0.2, 0.25) is 37.7 Å². The van der Waals surface area contributed by atoms with E-state index in [2.05, 4.69) is 45.5 Å². The topological polar surface area (TPSA) is 272 Å². The molecule has 0 aliphatic carbocycles. The second-order valence-corrected chi connectivity index (χ2v) is 25.4. The molecule has 4 aliphatic heterocycles. The van der Waals surface area contributed by atoms with Crippen molar-refractivity contribution in [1.29, 1.82) is 0 Å². The van der Waals surface area contributed by atoms with Crippen LogP contribution in [0.3, 0.4) is 0 Å². The Balaban J connectivity index is 0.751. The average molecular weight is 1180 g/mol. The van der Waals surface area contributed by atoms with E-state index in [1.165, 1.54) is 27.7 Å². The van der Waals surface area contributed by atoms with Crippen LogP contribution in [0.25, 0.3) is 17.1 Å². The number of aromatic hydroxyl groups is 2. The monoisotopic (exact) mass is 1170 g/mol. The highest BCUT2D eigenvalue weighted by molar-refractivity contribution is 7.92. The van der Waals surface area contributed by atoms with Gasteiger partial charge < -0.3 is 40.3 Å². The zero-order chi connectivity index (χ0) is 58.9. The zero-order valence-corrected chi connectivity index (χ0v) is 49.0. The number of anilines is 6. The molecule has 6 aromatic rings. The van der Waals surface area contributed by atoms with Gasteiger partial charge in [-0.1, -0.05) is 38.1 Å². The van der Waals surface area contributed by atoms with Crippen LogP contribution in [0.4, 0.5) is 34.5 Å². The van der Waals surface area contributed by atoms with Gasteiger partial charge in [0.25, 0.3) is 11.8 Å². The van der Waals surface area contributed by atoms with Crippen LogP contribution in [0.15, 0.2) is 85.1 Å². The summed E-state index contributed by atoms with van der Waals surface area (Å²) in [6, 6.07) is 22.9. The van der Waals surface area contributed by atoms with Crippen LogP contribution in [0.1, 0.15) is 71.6 Å². The Morgan fingerprint density at radius 3 is 2.13 bits per heavy atom. The van der Waals surface area contributed by atoms with Gasteiger partial charge in [-0.25, -0.2) is 26.1 Å². The van der Waals surface area contributed by atoms with Gasteiger partial charge >= 0.3 is 0 Å². The largest absolute Gasteiger partial charge is 0.508 e. The van der Waals surface area contributed by atoms with E-state index in [4.69, 9.17) is 4.74 Å². The summed E-state index contributed by atoms with van der Waals surface area (Å²) < 4.78 is 60.8. The standard InChI is InChI=1S/C57H70N14O10S2/c1-7-81-50-32-41(16-17-45(50)60-57-59-35-47-52(61-57)71(83(6,79)80)46-11-9-8-10-42(46)56(76)64(47)4)67-21-18-39(19-22-67)55(75)68-28-24-66(25-29-68)36-38-12-14-40(15-13-38)70-51(44-33-43(37(2)3)48(72)34-49(44)73)62-63-53(70)54(74)58-20-23-65-26-30-69(31-27-65)82(5,77)78/h8-17,32-35,37,39,72-73H,7,18-31,36H2,1-6H3,(H,58,74)(H,59,60,61). The lowest BCUT2D eigenvalue weighted by Gasteiger charge is -2.39. The van der Waals surface area contributed by atoms with Crippen molar-refractivity contribution in [2.24, 2.45) is 5.92 Å². The molecule has 10 rings (SSSR count). The number of hydrogen-bond acceptors (Lipinski definition) is 18. The molecule has 26 heteroatoms. The molecule has 0 atom stereocenters. The molecule has 3 amide bonds. The molecule has 24 nitrogen and oxygen atoms in total. The maximum atomic E-state index is 14.0. The Morgan fingerprint density at radius 1 is 0.771 bits per heavy atom. The van der Waals surface area contributed by atoms with Crippen molar-refractivity contribution >= 4 is 72.3 Å². The number of phenols is 2. The van der Waals surface area contributed by atoms with Crippen molar-refractivity contribution in [2.75, 3.05) is 124 Å². The minimum Gasteiger partial charge on any atom is -0.508 e. The fourth-order valence-corrected chi connectivity index (χ4v) is 12.9. The Kier molecular flexibility index (Phi) is 16.9. The molecule has 0 bridgehead atoms. The number of phenolic OH excluding ortho intramolecular Hbond substituents is 2. The minimum absolute atomic E-state index is 0.00219. The lowest BCUT2D eigenvalue weighted by atomic mass is 9.94. The number of hydrogen-bond donors (Lipinski definition) is 4. The van der Waals surface area contributed by atoms with Crippen molar-refractivity contribution in [3.05, 3.63) is 108 Å². The molecule has 3 saturated heterocycles. The maximum absolute atomic E-state index is 14.0. The van der Waals surface area contributed by atoms with Crippen LogP contribution >= 0.6 is 0 Å². The number of rotatable bonds is 17. The molecule has 440 valence electrons. The van der Waals surface area contributed by atoms with E-state index in [0.29, 0.717) is 126 Å². The average Bonchev–Trinajstić information content (AvgIpc) is 4.15. The number of nitrogens with zero attached hydrogens (tertiary/aromatic N) is 12. The summed E-state index contributed by atoms with van der Waals surface area (Å²) in [7, 11) is -5.68. The van der Waals surface area contributed by atoms with Crippen molar-refractivity contribution in [1.82, 2.24) is 49.1 Å². The second kappa shape index (κ2) is 24.1.